The third kappa shape index (κ3) is 11.1. The molecule has 0 aliphatic carbocycles. The Morgan fingerprint density at radius 1 is 1.00 bits per heavy atom. The minimum atomic E-state index is 0.838. The second-order valence-electron chi connectivity index (χ2n) is 3.94. The van der Waals surface area contributed by atoms with Gasteiger partial charge in [0.25, 0.3) is 0 Å². The van der Waals surface area contributed by atoms with Crippen LogP contribution in [0.15, 0.2) is 23.5 Å². The molecule has 0 aromatic carbocycles. The number of likely N-dealkylation sites (N-methyl/N-ethyl adjacent to an activating group) is 2. The van der Waals surface area contributed by atoms with Crippen LogP contribution in [0.3, 0.4) is 0 Å². The molecule has 0 saturated carbocycles. The van der Waals surface area contributed by atoms with Gasteiger partial charge in [-0.1, -0.05) is 13.8 Å². The Labute approximate surface area is 102 Å². The highest BCUT2D eigenvalue weighted by Crippen LogP contribution is 2.00. The fourth-order valence-corrected chi connectivity index (χ4v) is 0.906. The maximum absolute atomic E-state index is 5.55. The molecule has 0 heterocycles. The van der Waals surface area contributed by atoms with Gasteiger partial charge in [-0.05, 0) is 40.1 Å². The van der Waals surface area contributed by atoms with Gasteiger partial charge in [-0.2, -0.15) is 0 Å². The summed E-state index contributed by atoms with van der Waals surface area (Å²) in [4.78, 5) is 4.40. The summed E-state index contributed by atoms with van der Waals surface area (Å²) in [6.45, 7) is 10.1. The van der Waals surface area contributed by atoms with E-state index in [9.17, 15) is 0 Å². The lowest BCUT2D eigenvalue weighted by Crippen LogP contribution is -2.27. The molecule has 0 saturated heterocycles. The molecule has 0 radical (unpaired) electrons. The lowest BCUT2D eigenvalue weighted by atomic mass is 10.3. The molecule has 0 aromatic rings. The molecule has 96 valence electrons. The van der Waals surface area contributed by atoms with Crippen molar-refractivity contribution >= 4 is 0 Å². The highest BCUT2D eigenvalue weighted by atomic mass is 15.2. The van der Waals surface area contributed by atoms with Crippen molar-refractivity contribution in [1.29, 1.82) is 0 Å². The van der Waals surface area contributed by atoms with Crippen molar-refractivity contribution in [3.63, 3.8) is 0 Å². The van der Waals surface area contributed by atoms with E-state index < -0.39 is 0 Å². The molecule has 0 unspecified atom stereocenters. The van der Waals surface area contributed by atoms with Crippen LogP contribution in [0.2, 0.25) is 0 Å². The number of hydrogen-bond donors (Lipinski definition) is 1. The third-order valence-corrected chi connectivity index (χ3v) is 2.07. The van der Waals surface area contributed by atoms with Gasteiger partial charge in [0.05, 0.1) is 0 Å². The van der Waals surface area contributed by atoms with Gasteiger partial charge in [-0.15, -0.1) is 0 Å². The first kappa shape index (κ1) is 17.4. The Bertz CT molecular complexity index is 213. The zero-order valence-electron chi connectivity index (χ0n) is 12.0. The van der Waals surface area contributed by atoms with Gasteiger partial charge < -0.3 is 15.5 Å². The van der Waals surface area contributed by atoms with Crippen molar-refractivity contribution in [1.82, 2.24) is 9.80 Å². The molecule has 0 aliphatic heterocycles. The highest BCUT2D eigenvalue weighted by molar-refractivity contribution is 5.12. The summed E-state index contributed by atoms with van der Waals surface area (Å²) >= 11 is 0. The zero-order valence-corrected chi connectivity index (χ0v) is 12.0. The van der Waals surface area contributed by atoms with Crippen LogP contribution in [0.4, 0.5) is 0 Å². The third-order valence-electron chi connectivity index (χ3n) is 2.07. The standard InChI is InChI=1S/C11H23N3.C2H6/c1-10(12)6-7-11(2)14(5)9-8-13(3)4;1-2/h6-7H,8-9,12H2,1-5H3;1-2H3/b10-6+,11-7+;. The van der Waals surface area contributed by atoms with Crippen molar-refractivity contribution in [2.45, 2.75) is 27.7 Å². The topological polar surface area (TPSA) is 32.5 Å². The summed E-state index contributed by atoms with van der Waals surface area (Å²) in [6.07, 6.45) is 3.98. The van der Waals surface area contributed by atoms with E-state index in [1.54, 1.807) is 0 Å². The van der Waals surface area contributed by atoms with Gasteiger partial charge in [-0.3, -0.25) is 0 Å². The number of rotatable bonds is 5. The Morgan fingerprint density at radius 3 is 1.88 bits per heavy atom. The summed E-state index contributed by atoms with van der Waals surface area (Å²) in [7, 11) is 6.25. The first-order chi connectivity index (χ1) is 7.43. The molecule has 16 heavy (non-hydrogen) atoms. The van der Waals surface area contributed by atoms with Crippen LogP contribution in [0.5, 0.6) is 0 Å². The molecule has 0 fully saturated rings. The van der Waals surface area contributed by atoms with Crippen LogP contribution in [0.1, 0.15) is 27.7 Å². The molecule has 0 aliphatic rings. The van der Waals surface area contributed by atoms with Crippen LogP contribution in [-0.4, -0.2) is 44.0 Å². The molecule has 2 N–H and O–H groups in total. The van der Waals surface area contributed by atoms with Crippen molar-refractivity contribution in [2.24, 2.45) is 5.73 Å². The van der Waals surface area contributed by atoms with E-state index in [4.69, 9.17) is 5.73 Å². The molecule has 3 heteroatoms. The first-order valence-corrected chi connectivity index (χ1v) is 5.90. The molecule has 0 atom stereocenters. The molecule has 0 rings (SSSR count). The van der Waals surface area contributed by atoms with E-state index in [2.05, 4.69) is 37.9 Å². The molecule has 0 aromatic heterocycles. The molecular formula is C13H29N3. The van der Waals surface area contributed by atoms with Crippen molar-refractivity contribution in [3.8, 4) is 0 Å². The maximum Gasteiger partial charge on any atom is 0.0299 e. The Hall–Kier alpha value is -0.960. The van der Waals surface area contributed by atoms with Crippen LogP contribution < -0.4 is 5.73 Å². The number of hydrogen-bond acceptors (Lipinski definition) is 3. The first-order valence-electron chi connectivity index (χ1n) is 5.90. The number of nitrogens with zero attached hydrogens (tertiary/aromatic N) is 2. The SMILES string of the molecule is C/C(N)=C\C=C(/C)N(C)CCN(C)C.CC. The number of allylic oxidation sites excluding steroid dienone is 4. The molecule has 3 nitrogen and oxygen atoms in total. The second kappa shape index (κ2) is 10.6. The predicted octanol–water partition coefficient (Wildman–Crippen LogP) is 2.27. The van der Waals surface area contributed by atoms with E-state index in [1.165, 1.54) is 5.70 Å². The van der Waals surface area contributed by atoms with Gasteiger partial charge in [-0.25, -0.2) is 0 Å². The Morgan fingerprint density at radius 2 is 1.50 bits per heavy atom. The van der Waals surface area contributed by atoms with Crippen LogP contribution in [0, 0.1) is 0 Å². The molecule has 0 spiro atoms. The number of nitrogens with two attached hydrogens (primary N) is 1. The van der Waals surface area contributed by atoms with Crippen molar-refractivity contribution in [2.75, 3.05) is 34.2 Å². The monoisotopic (exact) mass is 227 g/mol. The van der Waals surface area contributed by atoms with Crippen LogP contribution in [0.25, 0.3) is 0 Å². The van der Waals surface area contributed by atoms with E-state index in [0.717, 1.165) is 18.8 Å². The molecule has 0 amide bonds. The fourth-order valence-electron chi connectivity index (χ4n) is 0.906. The normalized spacial score (nSPS) is 12.2. The summed E-state index contributed by atoms with van der Waals surface area (Å²) in [5.74, 6) is 0. The van der Waals surface area contributed by atoms with Crippen LogP contribution >= 0.6 is 0 Å². The predicted molar refractivity (Wildman–Crippen MR) is 74.2 cm³/mol. The lowest BCUT2D eigenvalue weighted by Gasteiger charge is -2.21. The van der Waals surface area contributed by atoms with Gasteiger partial charge in [0, 0.05) is 31.5 Å². The minimum absolute atomic E-state index is 0.838. The van der Waals surface area contributed by atoms with E-state index in [1.807, 2.05) is 32.9 Å². The Balaban J connectivity index is 0. The maximum atomic E-state index is 5.55. The Kier molecular flexibility index (Phi) is 11.5. The van der Waals surface area contributed by atoms with Crippen molar-refractivity contribution in [3.05, 3.63) is 23.5 Å². The van der Waals surface area contributed by atoms with Gasteiger partial charge in [0.1, 0.15) is 0 Å². The summed E-state index contributed by atoms with van der Waals surface area (Å²) in [5, 5.41) is 0. The lowest BCUT2D eigenvalue weighted by molar-refractivity contribution is 0.326. The average Bonchev–Trinajstić information content (AvgIpc) is 2.25. The van der Waals surface area contributed by atoms with Gasteiger partial charge in [0.15, 0.2) is 0 Å². The second-order valence-corrected chi connectivity index (χ2v) is 3.94. The summed E-state index contributed by atoms with van der Waals surface area (Å²) < 4.78 is 0. The van der Waals surface area contributed by atoms with E-state index in [-0.39, 0.29) is 0 Å². The van der Waals surface area contributed by atoms with E-state index >= 15 is 0 Å². The van der Waals surface area contributed by atoms with Gasteiger partial charge >= 0.3 is 0 Å². The van der Waals surface area contributed by atoms with E-state index in [0.29, 0.717) is 0 Å². The minimum Gasteiger partial charge on any atom is -0.402 e. The van der Waals surface area contributed by atoms with Crippen molar-refractivity contribution < 1.29 is 0 Å². The smallest absolute Gasteiger partial charge is 0.0299 e. The quantitative estimate of drug-likeness (QED) is 0.731. The summed E-state index contributed by atoms with van der Waals surface area (Å²) in [5.41, 5.74) is 7.62. The largest absolute Gasteiger partial charge is 0.402 e. The van der Waals surface area contributed by atoms with Crippen LogP contribution in [-0.2, 0) is 0 Å². The fraction of sp³-hybridized carbons (Fsp3) is 0.692. The summed E-state index contributed by atoms with van der Waals surface area (Å²) in [6, 6.07) is 0. The molecular weight excluding hydrogens is 198 g/mol. The zero-order chi connectivity index (χ0) is 13.1. The molecule has 0 bridgehead atoms. The van der Waals surface area contributed by atoms with Gasteiger partial charge in [0.2, 0.25) is 0 Å². The highest BCUT2D eigenvalue weighted by Gasteiger charge is 1.98. The average molecular weight is 227 g/mol.